The predicted molar refractivity (Wildman–Crippen MR) is 85.0 cm³/mol. The highest BCUT2D eigenvalue weighted by Gasteiger charge is 2.12. The van der Waals surface area contributed by atoms with Gasteiger partial charge in [-0.1, -0.05) is 30.3 Å². The highest BCUT2D eigenvalue weighted by Crippen LogP contribution is 2.16. The van der Waals surface area contributed by atoms with Crippen molar-refractivity contribution in [3.05, 3.63) is 78.1 Å². The molecule has 0 spiro atoms. The minimum atomic E-state index is -0.520. The van der Waals surface area contributed by atoms with Crippen molar-refractivity contribution < 1.29 is 14.3 Å². The van der Waals surface area contributed by atoms with E-state index in [9.17, 15) is 9.59 Å². The highest BCUT2D eigenvalue weighted by molar-refractivity contribution is 5.95. The highest BCUT2D eigenvalue weighted by atomic mass is 16.5. The van der Waals surface area contributed by atoms with Crippen LogP contribution in [0.5, 0.6) is 5.75 Å². The summed E-state index contributed by atoms with van der Waals surface area (Å²) in [6.45, 7) is 1.46. The number of carbonyl (C=O) groups is 2. The molecule has 0 radical (unpaired) electrons. The maximum atomic E-state index is 12.2. The Kier molecular flexibility index (Phi) is 4.01. The van der Waals surface area contributed by atoms with Crippen LogP contribution >= 0.6 is 0 Å². The van der Waals surface area contributed by atoms with Crippen molar-refractivity contribution in [2.45, 2.75) is 6.92 Å². The van der Waals surface area contributed by atoms with E-state index in [-0.39, 0.29) is 5.78 Å². The van der Waals surface area contributed by atoms with Crippen LogP contribution < -0.4 is 4.74 Å². The molecule has 0 aliphatic carbocycles. The van der Waals surface area contributed by atoms with E-state index >= 15 is 0 Å². The molecule has 0 aliphatic rings. The van der Waals surface area contributed by atoms with Gasteiger partial charge in [0.2, 0.25) is 0 Å². The Labute approximate surface area is 133 Å². The van der Waals surface area contributed by atoms with E-state index < -0.39 is 5.97 Å². The van der Waals surface area contributed by atoms with E-state index in [4.69, 9.17) is 4.74 Å². The molecule has 0 N–H and O–H groups in total. The SMILES string of the molecule is CC(=O)c1cccc(OC(=O)c2cnn(-c3ccccc3)c2)c1. The van der Waals surface area contributed by atoms with Crippen molar-refractivity contribution in [2.24, 2.45) is 0 Å². The number of esters is 1. The first-order chi connectivity index (χ1) is 11.1. The lowest BCUT2D eigenvalue weighted by molar-refractivity contribution is 0.0733. The van der Waals surface area contributed by atoms with Crippen molar-refractivity contribution in [1.82, 2.24) is 9.78 Å². The molecular weight excluding hydrogens is 292 g/mol. The zero-order valence-electron chi connectivity index (χ0n) is 12.5. The molecule has 1 heterocycles. The van der Waals surface area contributed by atoms with E-state index in [0.717, 1.165) is 5.69 Å². The molecule has 0 saturated heterocycles. The molecule has 114 valence electrons. The standard InChI is InChI=1S/C18H14N2O3/c1-13(21)14-6-5-9-17(10-14)23-18(22)15-11-19-20(12-15)16-7-3-2-4-8-16/h2-12H,1H3. The third kappa shape index (κ3) is 3.35. The molecule has 0 saturated carbocycles. The average molecular weight is 306 g/mol. The summed E-state index contributed by atoms with van der Waals surface area (Å²) in [5.41, 5.74) is 1.68. The lowest BCUT2D eigenvalue weighted by atomic mass is 10.1. The second kappa shape index (κ2) is 6.27. The summed E-state index contributed by atoms with van der Waals surface area (Å²) >= 11 is 0. The largest absolute Gasteiger partial charge is 0.423 e. The summed E-state index contributed by atoms with van der Waals surface area (Å²) in [6, 6.07) is 16.0. The molecule has 5 heteroatoms. The minimum Gasteiger partial charge on any atom is -0.423 e. The number of para-hydroxylation sites is 1. The monoisotopic (exact) mass is 306 g/mol. The van der Waals surface area contributed by atoms with Gasteiger partial charge >= 0.3 is 5.97 Å². The van der Waals surface area contributed by atoms with Gasteiger partial charge in [-0.2, -0.15) is 5.10 Å². The van der Waals surface area contributed by atoms with Crippen molar-refractivity contribution >= 4 is 11.8 Å². The fourth-order valence-corrected chi connectivity index (χ4v) is 2.09. The number of benzene rings is 2. The van der Waals surface area contributed by atoms with E-state index in [1.807, 2.05) is 30.3 Å². The third-order valence-corrected chi connectivity index (χ3v) is 3.29. The average Bonchev–Trinajstić information content (AvgIpc) is 3.06. The van der Waals surface area contributed by atoms with Crippen LogP contribution in [0.3, 0.4) is 0 Å². The maximum absolute atomic E-state index is 12.2. The quantitative estimate of drug-likeness (QED) is 0.421. The fourth-order valence-electron chi connectivity index (χ4n) is 2.09. The minimum absolute atomic E-state index is 0.0835. The van der Waals surface area contributed by atoms with Crippen LogP contribution in [-0.2, 0) is 0 Å². The Morgan fingerprint density at radius 1 is 1.00 bits per heavy atom. The molecule has 0 amide bonds. The van der Waals surface area contributed by atoms with Crippen molar-refractivity contribution in [1.29, 1.82) is 0 Å². The number of aromatic nitrogens is 2. The Bertz CT molecular complexity index is 853. The van der Waals surface area contributed by atoms with Gasteiger partial charge in [-0.05, 0) is 31.2 Å². The number of rotatable bonds is 4. The smallest absolute Gasteiger partial charge is 0.346 e. The Hall–Kier alpha value is -3.21. The van der Waals surface area contributed by atoms with E-state index in [1.165, 1.54) is 13.1 Å². The molecule has 23 heavy (non-hydrogen) atoms. The zero-order valence-corrected chi connectivity index (χ0v) is 12.5. The molecule has 0 unspecified atom stereocenters. The topological polar surface area (TPSA) is 61.2 Å². The van der Waals surface area contributed by atoms with Crippen LogP contribution in [0.15, 0.2) is 67.0 Å². The summed E-state index contributed by atoms with van der Waals surface area (Å²) in [5.74, 6) is -0.275. The molecule has 0 bridgehead atoms. The fraction of sp³-hybridized carbons (Fsp3) is 0.0556. The van der Waals surface area contributed by atoms with Crippen LogP contribution in [0.25, 0.3) is 5.69 Å². The summed E-state index contributed by atoms with van der Waals surface area (Å²) in [6.07, 6.45) is 3.05. The van der Waals surface area contributed by atoms with Crippen molar-refractivity contribution in [2.75, 3.05) is 0 Å². The van der Waals surface area contributed by atoms with E-state index in [2.05, 4.69) is 5.10 Å². The first-order valence-corrected chi connectivity index (χ1v) is 7.07. The third-order valence-electron chi connectivity index (χ3n) is 3.29. The molecule has 5 nitrogen and oxygen atoms in total. The molecule has 0 fully saturated rings. The Morgan fingerprint density at radius 3 is 2.52 bits per heavy atom. The number of ether oxygens (including phenoxy) is 1. The summed E-state index contributed by atoms with van der Waals surface area (Å²) < 4.78 is 6.90. The van der Waals surface area contributed by atoms with Gasteiger partial charge in [0, 0.05) is 11.8 Å². The molecule has 3 aromatic rings. The summed E-state index contributed by atoms with van der Waals surface area (Å²) in [4.78, 5) is 23.5. The first-order valence-electron chi connectivity index (χ1n) is 7.07. The van der Waals surface area contributed by atoms with Gasteiger partial charge in [-0.15, -0.1) is 0 Å². The molecule has 2 aromatic carbocycles. The number of ketones is 1. The number of hydrogen-bond donors (Lipinski definition) is 0. The van der Waals surface area contributed by atoms with Gasteiger partial charge in [-0.25, -0.2) is 9.48 Å². The van der Waals surface area contributed by atoms with Crippen LogP contribution in [0.2, 0.25) is 0 Å². The van der Waals surface area contributed by atoms with Gasteiger partial charge in [0.25, 0.3) is 0 Å². The molecule has 0 atom stereocenters. The zero-order chi connectivity index (χ0) is 16.2. The van der Waals surface area contributed by atoms with Gasteiger partial charge < -0.3 is 4.74 Å². The molecule has 3 rings (SSSR count). The second-order valence-corrected chi connectivity index (χ2v) is 4.98. The molecule has 0 aliphatic heterocycles. The van der Waals surface area contributed by atoms with Gasteiger partial charge in [-0.3, -0.25) is 4.79 Å². The van der Waals surface area contributed by atoms with Crippen molar-refractivity contribution in [3.63, 3.8) is 0 Å². The maximum Gasteiger partial charge on any atom is 0.346 e. The molecule has 1 aromatic heterocycles. The van der Waals surface area contributed by atoms with E-state index in [1.54, 1.807) is 35.1 Å². The number of Topliss-reactive ketones (excluding diaryl/α,β-unsaturated/α-hetero) is 1. The lowest BCUT2D eigenvalue weighted by Gasteiger charge is -2.04. The Morgan fingerprint density at radius 2 is 1.78 bits per heavy atom. The van der Waals surface area contributed by atoms with Gasteiger partial charge in [0.1, 0.15) is 5.75 Å². The normalized spacial score (nSPS) is 10.3. The van der Waals surface area contributed by atoms with Gasteiger partial charge in [0.15, 0.2) is 5.78 Å². The first kappa shape index (κ1) is 14.7. The lowest BCUT2D eigenvalue weighted by Crippen LogP contribution is -2.08. The Balaban J connectivity index is 1.78. The van der Waals surface area contributed by atoms with Crippen LogP contribution in [0, 0.1) is 0 Å². The number of carbonyl (C=O) groups excluding carboxylic acids is 2. The van der Waals surface area contributed by atoms with Crippen molar-refractivity contribution in [3.8, 4) is 11.4 Å². The number of hydrogen-bond acceptors (Lipinski definition) is 4. The van der Waals surface area contributed by atoms with E-state index in [0.29, 0.717) is 16.9 Å². The van der Waals surface area contributed by atoms with Gasteiger partial charge in [0.05, 0.1) is 17.4 Å². The second-order valence-electron chi connectivity index (χ2n) is 4.98. The summed E-state index contributed by atoms with van der Waals surface area (Å²) in [7, 11) is 0. The number of nitrogens with zero attached hydrogens (tertiary/aromatic N) is 2. The van der Waals surface area contributed by atoms with Crippen LogP contribution in [0.1, 0.15) is 27.6 Å². The van der Waals surface area contributed by atoms with Crippen LogP contribution in [0.4, 0.5) is 0 Å². The summed E-state index contributed by atoms with van der Waals surface area (Å²) in [5, 5.41) is 4.16. The van der Waals surface area contributed by atoms with Crippen LogP contribution in [-0.4, -0.2) is 21.5 Å². The predicted octanol–water partition coefficient (Wildman–Crippen LogP) is 3.29. The molecular formula is C18H14N2O3.